The molecule has 0 saturated heterocycles. The molecule has 0 radical (unpaired) electrons. The smallest absolute Gasteiger partial charge is 0.154 e. The van der Waals surface area contributed by atoms with Crippen LogP contribution in [0.15, 0.2) is 6.20 Å². The van der Waals surface area contributed by atoms with Gasteiger partial charge < -0.3 is 4.74 Å². The van der Waals surface area contributed by atoms with Gasteiger partial charge in [0, 0.05) is 24.6 Å². The monoisotopic (exact) mass is 200 g/mol. The van der Waals surface area contributed by atoms with Gasteiger partial charge in [-0.05, 0) is 13.8 Å². The van der Waals surface area contributed by atoms with E-state index in [2.05, 4.69) is 9.97 Å². The van der Waals surface area contributed by atoms with Crippen LogP contribution in [0, 0.1) is 6.92 Å². The van der Waals surface area contributed by atoms with Crippen LogP contribution < -0.4 is 0 Å². The first-order valence-corrected chi connectivity index (χ1v) is 4.54. The van der Waals surface area contributed by atoms with Gasteiger partial charge in [0.05, 0.1) is 5.38 Å². The maximum absolute atomic E-state index is 5.93. The van der Waals surface area contributed by atoms with Crippen molar-refractivity contribution in [3.05, 3.63) is 23.3 Å². The fourth-order valence-electron chi connectivity index (χ4n) is 1.11. The van der Waals surface area contributed by atoms with E-state index in [1.54, 1.807) is 13.3 Å². The fourth-order valence-corrected chi connectivity index (χ4v) is 1.33. The number of aromatic nitrogens is 2. The Labute approximate surface area is 83.1 Å². The first-order chi connectivity index (χ1) is 6.15. The van der Waals surface area contributed by atoms with Crippen molar-refractivity contribution in [2.45, 2.75) is 25.8 Å². The van der Waals surface area contributed by atoms with Gasteiger partial charge >= 0.3 is 0 Å². The summed E-state index contributed by atoms with van der Waals surface area (Å²) in [7, 11) is 1.62. The molecule has 1 aromatic heterocycles. The molecule has 4 heteroatoms. The standard InChI is InChI=1S/C9H13ClN2O/c1-6(10)8-4-11-9(5-13-3)12-7(8)2/h4,6H,5H2,1-3H3. The summed E-state index contributed by atoms with van der Waals surface area (Å²) in [5.74, 6) is 0.695. The second-order valence-electron chi connectivity index (χ2n) is 2.88. The van der Waals surface area contributed by atoms with Crippen LogP contribution in [-0.4, -0.2) is 17.1 Å². The lowest BCUT2D eigenvalue weighted by Gasteiger charge is -2.07. The first-order valence-electron chi connectivity index (χ1n) is 4.10. The molecule has 1 heterocycles. The largest absolute Gasteiger partial charge is 0.377 e. The molecule has 0 saturated carbocycles. The molecule has 0 fully saturated rings. The Bertz CT molecular complexity index is 289. The Morgan fingerprint density at radius 1 is 1.62 bits per heavy atom. The second-order valence-corrected chi connectivity index (χ2v) is 3.53. The molecule has 1 unspecified atom stereocenters. The lowest BCUT2D eigenvalue weighted by atomic mass is 10.2. The van der Waals surface area contributed by atoms with Crippen molar-refractivity contribution in [3.63, 3.8) is 0 Å². The molecule has 0 aliphatic heterocycles. The average Bonchev–Trinajstić information content (AvgIpc) is 2.04. The number of nitrogens with zero attached hydrogens (tertiary/aromatic N) is 2. The molecule has 1 rings (SSSR count). The van der Waals surface area contributed by atoms with Crippen molar-refractivity contribution in [3.8, 4) is 0 Å². The summed E-state index contributed by atoms with van der Waals surface area (Å²) in [5, 5.41) is -0.0448. The maximum atomic E-state index is 5.93. The molecule has 0 aliphatic carbocycles. The maximum Gasteiger partial charge on any atom is 0.154 e. The highest BCUT2D eigenvalue weighted by atomic mass is 35.5. The first kappa shape index (κ1) is 10.4. The van der Waals surface area contributed by atoms with Crippen molar-refractivity contribution in [1.82, 2.24) is 9.97 Å². The number of rotatable bonds is 3. The normalized spacial score (nSPS) is 12.9. The van der Waals surface area contributed by atoms with Gasteiger partial charge in [-0.1, -0.05) is 0 Å². The Morgan fingerprint density at radius 3 is 2.77 bits per heavy atom. The van der Waals surface area contributed by atoms with Gasteiger partial charge in [0.1, 0.15) is 6.61 Å². The molecule has 13 heavy (non-hydrogen) atoms. The van der Waals surface area contributed by atoms with Crippen molar-refractivity contribution in [1.29, 1.82) is 0 Å². The van der Waals surface area contributed by atoms with Crippen molar-refractivity contribution in [2.75, 3.05) is 7.11 Å². The van der Waals surface area contributed by atoms with E-state index in [-0.39, 0.29) is 5.38 Å². The highest BCUT2D eigenvalue weighted by molar-refractivity contribution is 6.20. The molecule has 0 amide bonds. The van der Waals surface area contributed by atoms with Gasteiger partial charge in [0.25, 0.3) is 0 Å². The summed E-state index contributed by atoms with van der Waals surface area (Å²) in [6, 6.07) is 0. The number of methoxy groups -OCH3 is 1. The zero-order chi connectivity index (χ0) is 9.84. The number of alkyl halides is 1. The van der Waals surface area contributed by atoms with E-state index in [4.69, 9.17) is 16.3 Å². The summed E-state index contributed by atoms with van der Waals surface area (Å²) in [4.78, 5) is 8.39. The predicted octanol–water partition coefficient (Wildman–Crippen LogP) is 2.23. The predicted molar refractivity (Wildman–Crippen MR) is 51.8 cm³/mol. The van der Waals surface area contributed by atoms with Crippen LogP contribution in [0.25, 0.3) is 0 Å². The molecular weight excluding hydrogens is 188 g/mol. The summed E-state index contributed by atoms with van der Waals surface area (Å²) in [6.07, 6.45) is 1.76. The van der Waals surface area contributed by atoms with Gasteiger partial charge in [-0.25, -0.2) is 9.97 Å². The third-order valence-corrected chi connectivity index (χ3v) is 2.00. The van der Waals surface area contributed by atoms with Crippen molar-refractivity contribution < 1.29 is 4.74 Å². The van der Waals surface area contributed by atoms with Crippen LogP contribution in [0.1, 0.15) is 29.4 Å². The molecule has 0 bridgehead atoms. The highest BCUT2D eigenvalue weighted by Crippen LogP contribution is 2.20. The highest BCUT2D eigenvalue weighted by Gasteiger charge is 2.07. The molecule has 0 aliphatic rings. The van der Waals surface area contributed by atoms with Crippen LogP contribution in [-0.2, 0) is 11.3 Å². The van der Waals surface area contributed by atoms with Gasteiger partial charge in [-0.3, -0.25) is 0 Å². The van der Waals surface area contributed by atoms with E-state index in [1.165, 1.54) is 0 Å². The van der Waals surface area contributed by atoms with Crippen LogP contribution in [0.2, 0.25) is 0 Å². The molecule has 0 aromatic carbocycles. The average molecular weight is 201 g/mol. The molecule has 72 valence electrons. The summed E-state index contributed by atoms with van der Waals surface area (Å²) in [5.41, 5.74) is 1.89. The minimum Gasteiger partial charge on any atom is -0.377 e. The van der Waals surface area contributed by atoms with E-state index < -0.39 is 0 Å². The lowest BCUT2D eigenvalue weighted by Crippen LogP contribution is -2.02. The second kappa shape index (κ2) is 4.53. The molecule has 0 N–H and O–H groups in total. The van der Waals surface area contributed by atoms with E-state index in [0.717, 1.165) is 11.3 Å². The summed E-state index contributed by atoms with van der Waals surface area (Å²) >= 11 is 5.93. The van der Waals surface area contributed by atoms with Gasteiger partial charge in [0.2, 0.25) is 0 Å². The Balaban J connectivity index is 2.92. The molecular formula is C9H13ClN2O. The zero-order valence-corrected chi connectivity index (χ0v) is 8.80. The molecule has 3 nitrogen and oxygen atoms in total. The van der Waals surface area contributed by atoms with E-state index in [1.807, 2.05) is 13.8 Å². The van der Waals surface area contributed by atoms with Crippen molar-refractivity contribution >= 4 is 11.6 Å². The molecule has 0 spiro atoms. The number of halogens is 1. The molecule has 1 aromatic rings. The lowest BCUT2D eigenvalue weighted by molar-refractivity contribution is 0.177. The third-order valence-electron chi connectivity index (χ3n) is 1.77. The minimum absolute atomic E-state index is 0.0448. The minimum atomic E-state index is -0.0448. The van der Waals surface area contributed by atoms with E-state index in [0.29, 0.717) is 12.4 Å². The number of hydrogen-bond acceptors (Lipinski definition) is 3. The van der Waals surface area contributed by atoms with Gasteiger partial charge in [0.15, 0.2) is 5.82 Å². The Kier molecular flexibility index (Phi) is 3.63. The number of aryl methyl sites for hydroxylation is 1. The van der Waals surface area contributed by atoms with Crippen LogP contribution in [0.4, 0.5) is 0 Å². The number of hydrogen-bond donors (Lipinski definition) is 0. The van der Waals surface area contributed by atoms with Crippen LogP contribution >= 0.6 is 11.6 Å². The topological polar surface area (TPSA) is 35.0 Å². The van der Waals surface area contributed by atoms with Crippen molar-refractivity contribution in [2.24, 2.45) is 0 Å². The fraction of sp³-hybridized carbons (Fsp3) is 0.556. The van der Waals surface area contributed by atoms with Crippen LogP contribution in [0.3, 0.4) is 0 Å². The van der Waals surface area contributed by atoms with Gasteiger partial charge in [-0.2, -0.15) is 0 Å². The molecule has 1 atom stereocenters. The van der Waals surface area contributed by atoms with Gasteiger partial charge in [-0.15, -0.1) is 11.6 Å². The SMILES string of the molecule is COCc1ncc(C(C)Cl)c(C)n1. The number of ether oxygens (including phenoxy) is 1. The van der Waals surface area contributed by atoms with E-state index >= 15 is 0 Å². The summed E-state index contributed by atoms with van der Waals surface area (Å²) in [6.45, 7) is 4.27. The Morgan fingerprint density at radius 2 is 2.31 bits per heavy atom. The quantitative estimate of drug-likeness (QED) is 0.702. The van der Waals surface area contributed by atoms with Crippen LogP contribution in [0.5, 0.6) is 0 Å². The summed E-state index contributed by atoms with van der Waals surface area (Å²) < 4.78 is 4.93. The zero-order valence-electron chi connectivity index (χ0n) is 8.04. The van der Waals surface area contributed by atoms with E-state index in [9.17, 15) is 0 Å². The third kappa shape index (κ3) is 2.64. The Hall–Kier alpha value is -0.670.